The molecular formula is C21H29N3O5. The minimum Gasteiger partial charge on any atom is -0.452 e. The average Bonchev–Trinajstić information content (AvgIpc) is 3.01. The molecule has 2 aliphatic heterocycles. The number of nitro groups is 1. The number of nitrogens with zero attached hydrogens (tertiary/aromatic N) is 3. The van der Waals surface area contributed by atoms with Crippen LogP contribution in [0.2, 0.25) is 0 Å². The van der Waals surface area contributed by atoms with Crippen molar-refractivity contribution in [2.24, 2.45) is 5.92 Å². The van der Waals surface area contributed by atoms with Gasteiger partial charge in [-0.15, -0.1) is 0 Å². The third kappa shape index (κ3) is 5.46. The van der Waals surface area contributed by atoms with Crippen molar-refractivity contribution in [2.75, 3.05) is 37.7 Å². The average molecular weight is 403 g/mol. The van der Waals surface area contributed by atoms with Crippen LogP contribution in [0.3, 0.4) is 0 Å². The van der Waals surface area contributed by atoms with E-state index in [0.717, 1.165) is 51.6 Å². The van der Waals surface area contributed by atoms with E-state index in [1.807, 2.05) is 4.90 Å². The zero-order valence-electron chi connectivity index (χ0n) is 17.0. The highest BCUT2D eigenvalue weighted by atomic mass is 16.6. The van der Waals surface area contributed by atoms with E-state index in [1.54, 1.807) is 17.0 Å². The van der Waals surface area contributed by atoms with Gasteiger partial charge in [0, 0.05) is 32.2 Å². The summed E-state index contributed by atoms with van der Waals surface area (Å²) in [5.41, 5.74) is 0.515. The lowest BCUT2D eigenvalue weighted by Gasteiger charge is -2.31. The highest BCUT2D eigenvalue weighted by Crippen LogP contribution is 2.32. The zero-order valence-corrected chi connectivity index (χ0v) is 17.0. The summed E-state index contributed by atoms with van der Waals surface area (Å²) < 4.78 is 5.15. The number of piperidine rings is 1. The molecule has 0 aromatic heterocycles. The standard InChI is InChI=1S/C21H29N3O5/c1-16-8-12-22(13-9-16)18-7-6-17(14-19(18)24(27)28)21(26)29-15-20(25)23-10-4-2-3-5-11-23/h6-7,14,16H,2-5,8-13,15H2,1H3. The fraction of sp³-hybridized carbons (Fsp3) is 0.619. The molecule has 0 N–H and O–H groups in total. The number of rotatable bonds is 5. The Kier molecular flexibility index (Phi) is 7.06. The molecule has 2 aliphatic rings. The van der Waals surface area contributed by atoms with E-state index < -0.39 is 10.9 Å². The van der Waals surface area contributed by atoms with E-state index in [0.29, 0.717) is 24.7 Å². The molecule has 0 atom stereocenters. The predicted octanol–water partition coefficient (Wildman–Crippen LogP) is 3.39. The number of carbonyl (C=O) groups is 2. The Morgan fingerprint density at radius 3 is 2.38 bits per heavy atom. The lowest BCUT2D eigenvalue weighted by Crippen LogP contribution is -2.35. The molecule has 0 saturated carbocycles. The van der Waals surface area contributed by atoms with Crippen molar-refractivity contribution in [1.82, 2.24) is 4.90 Å². The number of hydrogen-bond donors (Lipinski definition) is 0. The maximum Gasteiger partial charge on any atom is 0.338 e. The lowest BCUT2D eigenvalue weighted by molar-refractivity contribution is -0.384. The summed E-state index contributed by atoms with van der Waals surface area (Å²) in [6.45, 7) is 4.73. The van der Waals surface area contributed by atoms with E-state index in [9.17, 15) is 19.7 Å². The molecule has 3 rings (SSSR count). The summed E-state index contributed by atoms with van der Waals surface area (Å²) in [5, 5.41) is 11.6. The fourth-order valence-corrected chi connectivity index (χ4v) is 3.94. The van der Waals surface area contributed by atoms with Crippen LogP contribution in [0.5, 0.6) is 0 Å². The molecule has 0 aliphatic carbocycles. The zero-order chi connectivity index (χ0) is 20.8. The van der Waals surface area contributed by atoms with Crippen LogP contribution < -0.4 is 4.90 Å². The molecule has 0 bridgehead atoms. The molecule has 8 heteroatoms. The molecule has 158 valence electrons. The number of benzene rings is 1. The summed E-state index contributed by atoms with van der Waals surface area (Å²) in [6.07, 6.45) is 6.11. The van der Waals surface area contributed by atoms with Crippen LogP contribution in [-0.4, -0.2) is 54.5 Å². The van der Waals surface area contributed by atoms with Crippen molar-refractivity contribution in [3.63, 3.8) is 0 Å². The normalized spacial score (nSPS) is 18.2. The van der Waals surface area contributed by atoms with Gasteiger partial charge >= 0.3 is 5.97 Å². The highest BCUT2D eigenvalue weighted by molar-refractivity contribution is 5.93. The minimum absolute atomic E-state index is 0.0921. The van der Waals surface area contributed by atoms with Crippen LogP contribution in [0.25, 0.3) is 0 Å². The molecule has 2 fully saturated rings. The molecule has 8 nitrogen and oxygen atoms in total. The summed E-state index contributed by atoms with van der Waals surface area (Å²) in [5.74, 6) is -0.315. The molecule has 0 unspecified atom stereocenters. The molecule has 0 spiro atoms. The van der Waals surface area contributed by atoms with Gasteiger partial charge in [-0.2, -0.15) is 0 Å². The second-order valence-electron chi connectivity index (χ2n) is 8.00. The molecule has 1 amide bonds. The fourth-order valence-electron chi connectivity index (χ4n) is 3.94. The topological polar surface area (TPSA) is 93.0 Å². The molecule has 2 saturated heterocycles. The Balaban J connectivity index is 1.65. The molecule has 0 radical (unpaired) electrons. The monoisotopic (exact) mass is 403 g/mol. The van der Waals surface area contributed by atoms with E-state index in [2.05, 4.69) is 6.92 Å². The van der Waals surface area contributed by atoms with Gasteiger partial charge in [0.05, 0.1) is 10.5 Å². The first-order chi connectivity index (χ1) is 14.0. The molecule has 2 heterocycles. The van der Waals surface area contributed by atoms with Crippen molar-refractivity contribution >= 4 is 23.3 Å². The first-order valence-electron chi connectivity index (χ1n) is 10.4. The van der Waals surface area contributed by atoms with Crippen molar-refractivity contribution < 1.29 is 19.2 Å². The van der Waals surface area contributed by atoms with Gasteiger partial charge in [-0.1, -0.05) is 19.8 Å². The van der Waals surface area contributed by atoms with Crippen LogP contribution in [-0.2, 0) is 9.53 Å². The SMILES string of the molecule is CC1CCN(c2ccc(C(=O)OCC(=O)N3CCCCCC3)cc2[N+](=O)[O-])CC1. The number of hydrogen-bond acceptors (Lipinski definition) is 6. The van der Waals surface area contributed by atoms with Gasteiger partial charge in [0.1, 0.15) is 5.69 Å². The first kappa shape index (κ1) is 21.1. The van der Waals surface area contributed by atoms with E-state index in [4.69, 9.17) is 4.74 Å². The van der Waals surface area contributed by atoms with Crippen molar-refractivity contribution in [2.45, 2.75) is 45.4 Å². The second kappa shape index (κ2) is 9.71. The lowest BCUT2D eigenvalue weighted by atomic mass is 9.98. The van der Waals surface area contributed by atoms with Crippen LogP contribution in [0.15, 0.2) is 18.2 Å². The maximum atomic E-state index is 12.4. The Hall–Kier alpha value is -2.64. The third-order valence-corrected chi connectivity index (χ3v) is 5.82. The molecule has 1 aromatic rings. The van der Waals surface area contributed by atoms with Crippen molar-refractivity contribution in [3.8, 4) is 0 Å². The Bertz CT molecular complexity index is 751. The van der Waals surface area contributed by atoms with Crippen LogP contribution in [0.1, 0.15) is 55.8 Å². The predicted molar refractivity (Wildman–Crippen MR) is 109 cm³/mol. The summed E-state index contributed by atoms with van der Waals surface area (Å²) >= 11 is 0. The molecule has 1 aromatic carbocycles. The highest BCUT2D eigenvalue weighted by Gasteiger charge is 2.25. The third-order valence-electron chi connectivity index (χ3n) is 5.82. The summed E-state index contributed by atoms with van der Waals surface area (Å²) in [6, 6.07) is 4.41. The Labute approximate surface area is 171 Å². The minimum atomic E-state index is -0.713. The van der Waals surface area contributed by atoms with Gasteiger partial charge in [0.2, 0.25) is 0 Å². The van der Waals surface area contributed by atoms with Gasteiger partial charge < -0.3 is 14.5 Å². The molecule has 29 heavy (non-hydrogen) atoms. The van der Waals surface area contributed by atoms with Crippen molar-refractivity contribution in [1.29, 1.82) is 0 Å². The largest absolute Gasteiger partial charge is 0.452 e. The number of likely N-dealkylation sites (tertiary alicyclic amines) is 1. The number of ether oxygens (including phenoxy) is 1. The van der Waals surface area contributed by atoms with E-state index >= 15 is 0 Å². The summed E-state index contributed by atoms with van der Waals surface area (Å²) in [7, 11) is 0. The smallest absolute Gasteiger partial charge is 0.338 e. The molecular weight excluding hydrogens is 374 g/mol. The van der Waals surface area contributed by atoms with Gasteiger partial charge in [-0.3, -0.25) is 14.9 Å². The Morgan fingerprint density at radius 2 is 1.76 bits per heavy atom. The van der Waals surface area contributed by atoms with Crippen LogP contribution in [0, 0.1) is 16.0 Å². The second-order valence-corrected chi connectivity index (χ2v) is 8.00. The maximum absolute atomic E-state index is 12.4. The van der Waals surface area contributed by atoms with Gasteiger partial charge in [-0.05, 0) is 43.7 Å². The van der Waals surface area contributed by atoms with Crippen LogP contribution in [0.4, 0.5) is 11.4 Å². The summed E-state index contributed by atoms with van der Waals surface area (Å²) in [4.78, 5) is 39.5. The van der Waals surface area contributed by atoms with Gasteiger partial charge in [0.25, 0.3) is 11.6 Å². The Morgan fingerprint density at radius 1 is 1.10 bits per heavy atom. The number of amides is 1. The van der Waals surface area contributed by atoms with Crippen LogP contribution >= 0.6 is 0 Å². The number of nitro benzene ring substituents is 1. The number of anilines is 1. The quantitative estimate of drug-likeness (QED) is 0.425. The van der Waals surface area contributed by atoms with E-state index in [-0.39, 0.29) is 23.8 Å². The van der Waals surface area contributed by atoms with Gasteiger partial charge in [0.15, 0.2) is 6.61 Å². The van der Waals surface area contributed by atoms with Gasteiger partial charge in [-0.25, -0.2) is 4.79 Å². The number of carbonyl (C=O) groups excluding carboxylic acids is 2. The first-order valence-corrected chi connectivity index (χ1v) is 10.4. The van der Waals surface area contributed by atoms with Crippen molar-refractivity contribution in [3.05, 3.63) is 33.9 Å². The number of esters is 1. The van der Waals surface area contributed by atoms with E-state index in [1.165, 1.54) is 6.07 Å².